The highest BCUT2D eigenvalue weighted by atomic mass is 19.4. The number of aliphatic carboxylic acids is 2. The van der Waals surface area contributed by atoms with E-state index in [1.807, 2.05) is 6.07 Å². The predicted octanol–water partition coefficient (Wildman–Crippen LogP) is 2.75. The van der Waals surface area contributed by atoms with E-state index in [2.05, 4.69) is 21.9 Å². The van der Waals surface area contributed by atoms with Crippen LogP contribution in [-0.2, 0) is 25.6 Å². The minimum atomic E-state index is -5.08. The molecule has 0 unspecified atom stereocenters. The van der Waals surface area contributed by atoms with E-state index in [0.29, 0.717) is 12.0 Å². The quantitative estimate of drug-likeness (QED) is 0.468. The number of carboxylic acid groups (broad SMARTS) is 2. The molecule has 2 fully saturated rings. The molecule has 0 radical (unpaired) electrons. The molecule has 2 aliphatic rings. The highest BCUT2D eigenvalue weighted by Crippen LogP contribution is 2.28. The summed E-state index contributed by atoms with van der Waals surface area (Å²) in [5.74, 6) is -3.28. The van der Waals surface area contributed by atoms with Crippen LogP contribution < -0.4 is 9.47 Å². The maximum Gasteiger partial charge on any atom is 0.490 e. The van der Waals surface area contributed by atoms with E-state index in [1.165, 1.54) is 5.56 Å². The van der Waals surface area contributed by atoms with Crippen LogP contribution in [0, 0.1) is 5.92 Å². The predicted molar refractivity (Wildman–Crippen MR) is 124 cm³/mol. The van der Waals surface area contributed by atoms with Gasteiger partial charge in [0.25, 0.3) is 0 Å². The van der Waals surface area contributed by atoms with Crippen LogP contribution in [0.15, 0.2) is 18.2 Å². The lowest BCUT2D eigenvalue weighted by Gasteiger charge is -2.23. The monoisotopic (exact) mass is 578 g/mol. The summed E-state index contributed by atoms with van der Waals surface area (Å²) in [6.45, 7) is 7.61. The van der Waals surface area contributed by atoms with Crippen LogP contribution in [-0.4, -0.2) is 118 Å². The number of nitrogens with zero attached hydrogens (tertiary/aromatic N) is 2. The van der Waals surface area contributed by atoms with E-state index in [1.54, 1.807) is 21.3 Å². The number of alkyl halides is 6. The highest BCUT2D eigenvalue weighted by Gasteiger charge is 2.39. The Morgan fingerprint density at radius 3 is 1.82 bits per heavy atom. The molecule has 39 heavy (non-hydrogen) atoms. The molecule has 2 heterocycles. The second-order valence-electron chi connectivity index (χ2n) is 8.48. The van der Waals surface area contributed by atoms with Gasteiger partial charge in [-0.05, 0) is 17.7 Å². The minimum Gasteiger partial charge on any atom is -0.497 e. The molecule has 10 nitrogen and oxygen atoms in total. The number of carbonyl (C=O) groups is 2. The van der Waals surface area contributed by atoms with Crippen LogP contribution in [0.1, 0.15) is 5.56 Å². The van der Waals surface area contributed by atoms with Gasteiger partial charge in [0.1, 0.15) is 11.5 Å². The van der Waals surface area contributed by atoms with E-state index in [4.69, 9.17) is 38.7 Å². The number of hydrogen-bond acceptors (Lipinski definition) is 8. The second kappa shape index (κ2) is 15.7. The van der Waals surface area contributed by atoms with Crippen molar-refractivity contribution in [2.45, 2.75) is 25.0 Å². The number of fused-ring (bicyclic) bond motifs is 1. The van der Waals surface area contributed by atoms with Gasteiger partial charge in [0.05, 0.1) is 33.5 Å². The summed E-state index contributed by atoms with van der Waals surface area (Å²) >= 11 is 0. The van der Waals surface area contributed by atoms with Crippen LogP contribution in [0.2, 0.25) is 0 Å². The first-order chi connectivity index (χ1) is 18.1. The third kappa shape index (κ3) is 12.7. The molecule has 2 saturated heterocycles. The Labute approximate surface area is 221 Å². The molecule has 0 bridgehead atoms. The molecule has 0 amide bonds. The van der Waals surface area contributed by atoms with Crippen LogP contribution in [0.3, 0.4) is 0 Å². The van der Waals surface area contributed by atoms with Crippen LogP contribution in [0.5, 0.6) is 11.5 Å². The summed E-state index contributed by atoms with van der Waals surface area (Å²) < 4.78 is 85.6. The van der Waals surface area contributed by atoms with Crippen molar-refractivity contribution in [1.82, 2.24) is 9.80 Å². The summed E-state index contributed by atoms with van der Waals surface area (Å²) in [6.07, 6.45) is -9.83. The molecule has 224 valence electrons. The zero-order valence-electron chi connectivity index (χ0n) is 21.5. The molecule has 0 saturated carbocycles. The Hall–Kier alpha value is -2.82. The van der Waals surface area contributed by atoms with Gasteiger partial charge in [-0.25, -0.2) is 9.59 Å². The van der Waals surface area contributed by atoms with E-state index in [-0.39, 0.29) is 0 Å². The maximum atomic E-state index is 10.6. The fourth-order valence-corrected chi connectivity index (χ4v) is 3.82. The average Bonchev–Trinajstić information content (AvgIpc) is 3.11. The first-order valence-electron chi connectivity index (χ1n) is 11.5. The summed E-state index contributed by atoms with van der Waals surface area (Å²) in [4.78, 5) is 22.7. The van der Waals surface area contributed by atoms with Crippen molar-refractivity contribution >= 4 is 11.9 Å². The Balaban J connectivity index is 0.000000449. The first kappa shape index (κ1) is 34.2. The van der Waals surface area contributed by atoms with Gasteiger partial charge < -0.3 is 29.2 Å². The lowest BCUT2D eigenvalue weighted by atomic mass is 10.1. The number of likely N-dealkylation sites (tertiary alicyclic amines) is 1. The summed E-state index contributed by atoms with van der Waals surface area (Å²) in [5.41, 5.74) is 1.21. The number of rotatable bonds is 7. The van der Waals surface area contributed by atoms with Gasteiger partial charge in [-0.15, -0.1) is 0 Å². The van der Waals surface area contributed by atoms with Gasteiger partial charge in [0, 0.05) is 58.4 Å². The number of benzene rings is 1. The van der Waals surface area contributed by atoms with Gasteiger partial charge in [-0.2, -0.15) is 26.3 Å². The third-order valence-corrected chi connectivity index (χ3v) is 5.60. The molecule has 1 aromatic rings. The zero-order chi connectivity index (χ0) is 29.8. The fraction of sp³-hybridized carbons (Fsp3) is 0.652. The minimum absolute atomic E-state index is 0.333. The molecule has 1 aromatic carbocycles. The van der Waals surface area contributed by atoms with Crippen molar-refractivity contribution in [2.75, 3.05) is 67.3 Å². The van der Waals surface area contributed by atoms with Gasteiger partial charge in [-0.1, -0.05) is 0 Å². The molecule has 3 rings (SSSR count). The SMILES string of the molecule is COCCN1CCO[C@@H]2CN(Cc3cc(OC)cc(OC)c3)C[C@@H]2C1.O=C(O)C(F)(F)F.O=C(O)C(F)(F)F. The summed E-state index contributed by atoms with van der Waals surface area (Å²) in [5, 5.41) is 14.2. The second-order valence-corrected chi connectivity index (χ2v) is 8.48. The Morgan fingerprint density at radius 1 is 0.897 bits per heavy atom. The van der Waals surface area contributed by atoms with Crippen molar-refractivity contribution in [3.05, 3.63) is 23.8 Å². The van der Waals surface area contributed by atoms with E-state index in [0.717, 1.165) is 64.0 Å². The van der Waals surface area contributed by atoms with Crippen molar-refractivity contribution in [3.8, 4) is 11.5 Å². The molecule has 0 aliphatic carbocycles. The standard InChI is InChI=1S/C19H30N2O4.2C2HF3O2/c1-22-6-4-20-5-7-25-19-14-21(13-16(19)12-20)11-15-8-17(23-2)10-18(9-15)24-3;2*3-2(4,5)1(6)7/h8-10,16,19H,4-7,11-14H2,1-3H3;2*(H,6,7)/t16-,19+;;/m0../s1. The van der Waals surface area contributed by atoms with Crippen molar-refractivity contribution in [3.63, 3.8) is 0 Å². The van der Waals surface area contributed by atoms with Gasteiger partial charge >= 0.3 is 24.3 Å². The first-order valence-corrected chi connectivity index (χ1v) is 11.5. The largest absolute Gasteiger partial charge is 0.497 e. The molecular formula is C23H32F6N2O8. The normalized spacial score (nSPS) is 19.9. The van der Waals surface area contributed by atoms with Crippen LogP contribution in [0.25, 0.3) is 0 Å². The van der Waals surface area contributed by atoms with Gasteiger partial charge in [0.15, 0.2) is 0 Å². The van der Waals surface area contributed by atoms with E-state index >= 15 is 0 Å². The van der Waals surface area contributed by atoms with Crippen LogP contribution >= 0.6 is 0 Å². The number of methoxy groups -OCH3 is 3. The zero-order valence-corrected chi connectivity index (χ0v) is 21.5. The van der Waals surface area contributed by atoms with E-state index in [9.17, 15) is 26.3 Å². The summed E-state index contributed by atoms with van der Waals surface area (Å²) in [6, 6.07) is 6.08. The Morgan fingerprint density at radius 2 is 1.38 bits per heavy atom. The Kier molecular flexibility index (Phi) is 13.8. The van der Waals surface area contributed by atoms with E-state index < -0.39 is 24.3 Å². The Bertz CT molecular complexity index is 867. The molecule has 0 aromatic heterocycles. The lowest BCUT2D eigenvalue weighted by Crippen LogP contribution is -2.34. The summed E-state index contributed by atoms with van der Waals surface area (Å²) in [7, 11) is 5.14. The number of ether oxygens (including phenoxy) is 4. The number of hydrogen-bond donors (Lipinski definition) is 2. The third-order valence-electron chi connectivity index (χ3n) is 5.60. The van der Waals surface area contributed by atoms with Crippen molar-refractivity contribution in [1.29, 1.82) is 0 Å². The highest BCUT2D eigenvalue weighted by molar-refractivity contribution is 5.73. The topological polar surface area (TPSA) is 118 Å². The fourth-order valence-electron chi connectivity index (χ4n) is 3.82. The smallest absolute Gasteiger partial charge is 0.490 e. The molecule has 2 atom stereocenters. The molecule has 0 spiro atoms. The average molecular weight is 579 g/mol. The van der Waals surface area contributed by atoms with Gasteiger partial charge in [0.2, 0.25) is 0 Å². The van der Waals surface area contributed by atoms with Crippen molar-refractivity contribution < 1.29 is 65.1 Å². The number of carboxylic acids is 2. The molecule has 2 N–H and O–H groups in total. The van der Waals surface area contributed by atoms with Crippen LogP contribution in [0.4, 0.5) is 26.3 Å². The maximum absolute atomic E-state index is 10.6. The van der Waals surface area contributed by atoms with Crippen molar-refractivity contribution in [2.24, 2.45) is 5.92 Å². The molecule has 16 heteroatoms. The molecular weight excluding hydrogens is 546 g/mol. The molecule has 2 aliphatic heterocycles. The van der Waals surface area contributed by atoms with Gasteiger partial charge in [-0.3, -0.25) is 9.80 Å². The number of halogens is 6. The lowest BCUT2D eigenvalue weighted by molar-refractivity contribution is -0.193.